The van der Waals surface area contributed by atoms with E-state index in [0.29, 0.717) is 17.0 Å². The number of rotatable bonds is 7. The van der Waals surface area contributed by atoms with Crippen molar-refractivity contribution >= 4 is 34.1 Å². The maximum absolute atomic E-state index is 12.3. The summed E-state index contributed by atoms with van der Waals surface area (Å²) in [5.74, 6) is -1.88. The summed E-state index contributed by atoms with van der Waals surface area (Å²) in [6.07, 6.45) is 3.25. The fourth-order valence-electron chi connectivity index (χ4n) is 3.38. The van der Waals surface area contributed by atoms with Crippen LogP contribution in [-0.4, -0.2) is 24.4 Å². The largest absolute Gasteiger partial charge is 0.455 e. The Bertz CT molecular complexity index is 860. The van der Waals surface area contributed by atoms with E-state index in [9.17, 15) is 14.4 Å². The van der Waals surface area contributed by atoms with Gasteiger partial charge in [-0.1, -0.05) is 37.3 Å². The van der Waals surface area contributed by atoms with E-state index in [4.69, 9.17) is 10.5 Å². The first-order valence-electron chi connectivity index (χ1n) is 8.97. The minimum Gasteiger partial charge on any atom is -0.455 e. The number of nitrogens with two attached hydrogens (primary N) is 1. The van der Waals surface area contributed by atoms with Gasteiger partial charge in [-0.3, -0.25) is 14.4 Å². The zero-order chi connectivity index (χ0) is 19.4. The third-order valence-corrected chi connectivity index (χ3v) is 5.87. The van der Waals surface area contributed by atoms with Crippen molar-refractivity contribution in [1.29, 1.82) is 0 Å². The molecule has 7 heteroatoms. The molecule has 1 atom stereocenters. The zero-order valence-electron chi connectivity index (χ0n) is 15.1. The van der Waals surface area contributed by atoms with Crippen LogP contribution in [0.5, 0.6) is 0 Å². The van der Waals surface area contributed by atoms with Gasteiger partial charge >= 0.3 is 5.97 Å². The molecule has 1 heterocycles. The first-order chi connectivity index (χ1) is 13.0. The number of anilines is 1. The molecule has 3 N–H and O–H groups in total. The van der Waals surface area contributed by atoms with Crippen LogP contribution in [0.15, 0.2) is 30.3 Å². The van der Waals surface area contributed by atoms with Gasteiger partial charge in [0.15, 0.2) is 6.61 Å². The van der Waals surface area contributed by atoms with Crippen molar-refractivity contribution in [2.24, 2.45) is 5.73 Å². The van der Waals surface area contributed by atoms with Crippen LogP contribution >= 0.6 is 11.3 Å². The smallest absolute Gasteiger partial charge is 0.313 e. The Morgan fingerprint density at radius 3 is 2.63 bits per heavy atom. The molecule has 0 spiro atoms. The first kappa shape index (κ1) is 19.1. The van der Waals surface area contributed by atoms with E-state index in [1.807, 2.05) is 37.3 Å². The van der Waals surface area contributed by atoms with Gasteiger partial charge < -0.3 is 15.8 Å². The number of carbonyl (C=O) groups excluding carboxylic acids is 3. The summed E-state index contributed by atoms with van der Waals surface area (Å²) in [4.78, 5) is 37.4. The Morgan fingerprint density at radius 2 is 1.96 bits per heavy atom. The number of hydrogen-bond donors (Lipinski definition) is 2. The molecule has 0 radical (unpaired) electrons. The van der Waals surface area contributed by atoms with Gasteiger partial charge in [0.25, 0.3) is 11.8 Å². The first-order valence-corrected chi connectivity index (χ1v) is 9.78. The number of amides is 2. The Kier molecular flexibility index (Phi) is 5.91. The molecule has 0 bridgehead atoms. The van der Waals surface area contributed by atoms with Crippen LogP contribution in [-0.2, 0) is 27.2 Å². The molecule has 6 nitrogen and oxygen atoms in total. The van der Waals surface area contributed by atoms with Crippen LogP contribution in [0.1, 0.15) is 52.0 Å². The maximum atomic E-state index is 12.3. The van der Waals surface area contributed by atoms with Crippen molar-refractivity contribution in [2.75, 3.05) is 11.9 Å². The summed E-state index contributed by atoms with van der Waals surface area (Å²) < 4.78 is 5.20. The normalized spacial score (nSPS) is 13.7. The SMILES string of the molecule is CCC(C(=O)OCC(=O)Nc1sc2c(c1C(N)=O)CCC2)c1ccccc1. The Hall–Kier alpha value is -2.67. The molecule has 2 aromatic rings. The minimum absolute atomic E-state index is 0.392. The third kappa shape index (κ3) is 4.19. The number of thiophene rings is 1. The Morgan fingerprint density at radius 1 is 1.22 bits per heavy atom. The van der Waals surface area contributed by atoms with E-state index in [-0.39, 0.29) is 0 Å². The molecule has 1 aliphatic rings. The van der Waals surface area contributed by atoms with Gasteiger partial charge in [0.1, 0.15) is 5.00 Å². The van der Waals surface area contributed by atoms with Crippen LogP contribution in [0.25, 0.3) is 0 Å². The Balaban J connectivity index is 1.62. The number of fused-ring (bicyclic) bond motifs is 1. The molecular formula is C20H22N2O4S. The second-order valence-corrected chi connectivity index (χ2v) is 7.56. The molecular weight excluding hydrogens is 364 g/mol. The number of ether oxygens (including phenoxy) is 1. The summed E-state index contributed by atoms with van der Waals surface area (Å²) in [7, 11) is 0. The molecule has 2 amide bonds. The summed E-state index contributed by atoms with van der Waals surface area (Å²) in [6.45, 7) is 1.49. The van der Waals surface area contributed by atoms with Crippen molar-refractivity contribution in [1.82, 2.24) is 0 Å². The highest BCUT2D eigenvalue weighted by atomic mass is 32.1. The highest BCUT2D eigenvalue weighted by Crippen LogP contribution is 2.38. The Labute approximate surface area is 161 Å². The number of hydrogen-bond acceptors (Lipinski definition) is 5. The van der Waals surface area contributed by atoms with E-state index in [1.165, 1.54) is 11.3 Å². The average Bonchev–Trinajstić information content (AvgIpc) is 3.22. The van der Waals surface area contributed by atoms with Crippen LogP contribution in [0.2, 0.25) is 0 Å². The third-order valence-electron chi connectivity index (χ3n) is 4.66. The van der Waals surface area contributed by atoms with Gasteiger partial charge in [-0.15, -0.1) is 11.3 Å². The summed E-state index contributed by atoms with van der Waals surface area (Å²) in [6, 6.07) is 9.33. The second kappa shape index (κ2) is 8.35. The average molecular weight is 386 g/mol. The van der Waals surface area contributed by atoms with E-state index in [2.05, 4.69) is 5.32 Å². The van der Waals surface area contributed by atoms with Crippen molar-refractivity contribution < 1.29 is 19.1 Å². The molecule has 27 heavy (non-hydrogen) atoms. The van der Waals surface area contributed by atoms with Crippen molar-refractivity contribution in [3.05, 3.63) is 51.9 Å². The van der Waals surface area contributed by atoms with Gasteiger partial charge in [-0.05, 0) is 36.8 Å². The predicted molar refractivity (Wildman–Crippen MR) is 104 cm³/mol. The van der Waals surface area contributed by atoms with Gasteiger partial charge in [0, 0.05) is 4.88 Å². The van der Waals surface area contributed by atoms with E-state index >= 15 is 0 Å². The highest BCUT2D eigenvalue weighted by Gasteiger charge is 2.27. The molecule has 1 aromatic heterocycles. The molecule has 1 unspecified atom stereocenters. The maximum Gasteiger partial charge on any atom is 0.313 e. The predicted octanol–water partition coefficient (Wildman–Crippen LogP) is 3.01. The van der Waals surface area contributed by atoms with E-state index in [0.717, 1.165) is 35.3 Å². The molecule has 0 saturated carbocycles. The molecule has 0 saturated heterocycles. The number of benzene rings is 1. The van der Waals surface area contributed by atoms with Gasteiger partial charge in [0.2, 0.25) is 0 Å². The number of aryl methyl sites for hydroxylation is 1. The number of carbonyl (C=O) groups is 3. The standard InChI is InChI=1S/C20H22N2O4S/c1-2-13(12-7-4-3-5-8-12)20(25)26-11-16(23)22-19-17(18(21)24)14-9-6-10-15(14)27-19/h3-5,7-8,13H,2,6,9-11H2,1H3,(H2,21,24)(H,22,23). The zero-order valence-corrected chi connectivity index (χ0v) is 15.9. The van der Waals surface area contributed by atoms with Crippen LogP contribution in [0.3, 0.4) is 0 Å². The quantitative estimate of drug-likeness (QED) is 0.715. The molecule has 1 aromatic carbocycles. The van der Waals surface area contributed by atoms with E-state index in [1.54, 1.807) is 0 Å². The lowest BCUT2D eigenvalue weighted by molar-refractivity contribution is -0.149. The fourth-order valence-corrected chi connectivity index (χ4v) is 4.69. The van der Waals surface area contributed by atoms with Crippen molar-refractivity contribution in [3.63, 3.8) is 0 Å². The molecule has 3 rings (SSSR count). The van der Waals surface area contributed by atoms with Gasteiger partial charge in [-0.25, -0.2) is 0 Å². The monoisotopic (exact) mass is 386 g/mol. The van der Waals surface area contributed by atoms with Gasteiger partial charge in [0.05, 0.1) is 11.5 Å². The second-order valence-electron chi connectivity index (χ2n) is 6.45. The number of nitrogens with one attached hydrogen (secondary N) is 1. The molecule has 1 aliphatic carbocycles. The lowest BCUT2D eigenvalue weighted by Crippen LogP contribution is -2.24. The summed E-state index contributed by atoms with van der Waals surface area (Å²) >= 11 is 1.37. The minimum atomic E-state index is -0.545. The van der Waals surface area contributed by atoms with Crippen LogP contribution in [0, 0.1) is 0 Å². The lowest BCUT2D eigenvalue weighted by Gasteiger charge is -2.14. The fraction of sp³-hybridized carbons (Fsp3) is 0.350. The lowest BCUT2D eigenvalue weighted by atomic mass is 9.97. The number of esters is 1. The summed E-state index contributed by atoms with van der Waals surface area (Å²) in [5.41, 5.74) is 7.67. The van der Waals surface area contributed by atoms with Crippen LogP contribution in [0.4, 0.5) is 5.00 Å². The number of primary amides is 1. The van der Waals surface area contributed by atoms with E-state index < -0.39 is 30.3 Å². The molecule has 0 fully saturated rings. The highest BCUT2D eigenvalue weighted by molar-refractivity contribution is 7.17. The van der Waals surface area contributed by atoms with Crippen molar-refractivity contribution in [3.8, 4) is 0 Å². The van der Waals surface area contributed by atoms with Crippen LogP contribution < -0.4 is 11.1 Å². The molecule has 0 aliphatic heterocycles. The van der Waals surface area contributed by atoms with Gasteiger partial charge in [-0.2, -0.15) is 0 Å². The molecule has 142 valence electrons. The topological polar surface area (TPSA) is 98.5 Å². The summed E-state index contributed by atoms with van der Waals surface area (Å²) in [5, 5.41) is 3.12. The van der Waals surface area contributed by atoms with Crippen molar-refractivity contribution in [2.45, 2.75) is 38.5 Å².